The first kappa shape index (κ1) is 29.5. The van der Waals surface area contributed by atoms with Gasteiger partial charge in [0, 0.05) is 6.42 Å². The molecule has 31 heavy (non-hydrogen) atoms. The maximum atomic E-state index is 11.5. The second-order valence-electron chi connectivity index (χ2n) is 7.10. The lowest BCUT2D eigenvalue weighted by atomic mass is 10.2. The number of hydrogen-bond acceptors (Lipinski definition) is 5. The van der Waals surface area contributed by atoms with Gasteiger partial charge >= 0.3 is 13.8 Å². The van der Waals surface area contributed by atoms with E-state index in [9.17, 15) is 14.5 Å². The third-order valence-corrected chi connectivity index (χ3v) is 4.57. The number of carbonyl (C=O) groups excluding carboxylic acids is 1. The lowest BCUT2D eigenvalue weighted by Gasteiger charge is -2.12. The van der Waals surface area contributed by atoms with E-state index in [0.29, 0.717) is 6.42 Å². The largest absolute Gasteiger partial charge is 0.469 e. The van der Waals surface area contributed by atoms with Gasteiger partial charge in [0.2, 0.25) is 0 Å². The average Bonchev–Trinajstić information content (AvgIpc) is 2.72. The van der Waals surface area contributed by atoms with Crippen molar-refractivity contribution in [1.29, 1.82) is 0 Å². The molecule has 3 N–H and O–H groups in total. The number of hydrogen-bond donors (Lipinski definition) is 3. The predicted molar refractivity (Wildman–Crippen MR) is 123 cm³/mol. The summed E-state index contributed by atoms with van der Waals surface area (Å²) in [6.07, 6.45) is 25.2. The predicted octanol–water partition coefficient (Wildman–Crippen LogP) is 5.15. The SMILES string of the molecule is CCCCCC=CCC=CCC=CCC=CCCCC(=O)OC[C@@H](O)COP(=O)(O)O. The molecular weight excluding hydrogens is 419 g/mol. The van der Waals surface area contributed by atoms with E-state index in [0.717, 1.165) is 25.7 Å². The maximum Gasteiger partial charge on any atom is 0.469 e. The Morgan fingerprint density at radius 2 is 1.35 bits per heavy atom. The molecule has 0 rings (SSSR count). The van der Waals surface area contributed by atoms with Gasteiger partial charge in [-0.1, -0.05) is 68.4 Å². The van der Waals surface area contributed by atoms with Crippen LogP contribution in [0.5, 0.6) is 0 Å². The molecule has 0 saturated carbocycles. The van der Waals surface area contributed by atoms with Crippen LogP contribution >= 0.6 is 7.82 Å². The highest BCUT2D eigenvalue weighted by Crippen LogP contribution is 2.35. The van der Waals surface area contributed by atoms with Crippen molar-refractivity contribution in [2.45, 2.75) is 77.2 Å². The van der Waals surface area contributed by atoms with Gasteiger partial charge < -0.3 is 19.6 Å². The Morgan fingerprint density at radius 3 is 1.87 bits per heavy atom. The highest BCUT2D eigenvalue weighted by Gasteiger charge is 2.17. The van der Waals surface area contributed by atoms with E-state index in [1.807, 2.05) is 12.2 Å². The molecule has 0 fully saturated rings. The summed E-state index contributed by atoms with van der Waals surface area (Å²) in [7, 11) is -4.63. The summed E-state index contributed by atoms with van der Waals surface area (Å²) in [6.45, 7) is 1.26. The molecule has 0 aliphatic carbocycles. The van der Waals surface area contributed by atoms with E-state index < -0.39 is 26.5 Å². The fraction of sp³-hybridized carbons (Fsp3) is 0.609. The molecule has 0 saturated heterocycles. The van der Waals surface area contributed by atoms with Crippen molar-refractivity contribution < 1.29 is 33.5 Å². The molecule has 0 aromatic heterocycles. The number of carbonyl (C=O) groups is 1. The zero-order valence-corrected chi connectivity index (χ0v) is 19.5. The lowest BCUT2D eigenvalue weighted by molar-refractivity contribution is -0.147. The molecular formula is C23H39O7P. The Morgan fingerprint density at radius 1 is 0.839 bits per heavy atom. The topological polar surface area (TPSA) is 113 Å². The van der Waals surface area contributed by atoms with Gasteiger partial charge in [0.25, 0.3) is 0 Å². The van der Waals surface area contributed by atoms with E-state index in [4.69, 9.17) is 14.5 Å². The average molecular weight is 459 g/mol. The Bertz CT molecular complexity index is 605. The van der Waals surface area contributed by atoms with Crippen LogP contribution < -0.4 is 0 Å². The molecule has 8 heteroatoms. The first-order chi connectivity index (χ1) is 14.8. The molecule has 0 aliphatic rings. The molecule has 0 aromatic carbocycles. The van der Waals surface area contributed by atoms with Crippen LogP contribution in [0.3, 0.4) is 0 Å². The van der Waals surface area contributed by atoms with Gasteiger partial charge in [-0.15, -0.1) is 0 Å². The smallest absolute Gasteiger partial charge is 0.463 e. The summed E-state index contributed by atoms with van der Waals surface area (Å²) in [5, 5.41) is 9.41. The fourth-order valence-corrected chi connectivity index (χ4v) is 2.78. The summed E-state index contributed by atoms with van der Waals surface area (Å²) in [5.74, 6) is -0.467. The molecule has 0 bridgehead atoms. The lowest BCUT2D eigenvalue weighted by Crippen LogP contribution is -2.23. The van der Waals surface area contributed by atoms with Crippen molar-refractivity contribution in [3.8, 4) is 0 Å². The van der Waals surface area contributed by atoms with Gasteiger partial charge in [-0.05, 0) is 44.9 Å². The van der Waals surface area contributed by atoms with Crippen molar-refractivity contribution in [3.63, 3.8) is 0 Å². The van der Waals surface area contributed by atoms with E-state index in [2.05, 4.69) is 47.9 Å². The molecule has 0 aromatic rings. The van der Waals surface area contributed by atoms with Gasteiger partial charge in [-0.3, -0.25) is 9.32 Å². The van der Waals surface area contributed by atoms with Crippen LogP contribution in [0.15, 0.2) is 48.6 Å². The Kier molecular flexibility index (Phi) is 19.4. The fourth-order valence-electron chi connectivity index (χ4n) is 2.42. The number of ether oxygens (including phenoxy) is 1. The number of unbranched alkanes of at least 4 members (excludes halogenated alkanes) is 4. The number of allylic oxidation sites excluding steroid dienone is 8. The Balaban J connectivity index is 3.60. The van der Waals surface area contributed by atoms with Crippen LogP contribution in [0.2, 0.25) is 0 Å². The molecule has 0 spiro atoms. The highest BCUT2D eigenvalue weighted by molar-refractivity contribution is 7.46. The minimum Gasteiger partial charge on any atom is -0.463 e. The minimum absolute atomic E-state index is 0.212. The first-order valence-electron chi connectivity index (χ1n) is 11.0. The van der Waals surface area contributed by atoms with Gasteiger partial charge in [-0.25, -0.2) is 4.57 Å². The van der Waals surface area contributed by atoms with Crippen molar-refractivity contribution >= 4 is 13.8 Å². The molecule has 1 atom stereocenters. The second kappa shape index (κ2) is 20.4. The quantitative estimate of drug-likeness (QED) is 0.106. The molecule has 0 heterocycles. The number of phosphoric acid groups is 1. The maximum absolute atomic E-state index is 11.5. The summed E-state index contributed by atoms with van der Waals surface area (Å²) >= 11 is 0. The third-order valence-electron chi connectivity index (χ3n) is 4.08. The van der Waals surface area contributed by atoms with E-state index in [-0.39, 0.29) is 13.0 Å². The zero-order chi connectivity index (χ0) is 23.2. The first-order valence-corrected chi connectivity index (χ1v) is 12.5. The number of aliphatic hydroxyl groups excluding tert-OH is 1. The Hall–Kier alpha value is -1.50. The van der Waals surface area contributed by atoms with Crippen molar-refractivity contribution in [1.82, 2.24) is 0 Å². The summed E-state index contributed by atoms with van der Waals surface area (Å²) in [5.41, 5.74) is 0. The molecule has 0 aliphatic heterocycles. The molecule has 0 radical (unpaired) electrons. The summed E-state index contributed by atoms with van der Waals surface area (Å²) < 4.78 is 19.5. The monoisotopic (exact) mass is 458 g/mol. The summed E-state index contributed by atoms with van der Waals surface area (Å²) in [4.78, 5) is 28.6. The highest BCUT2D eigenvalue weighted by atomic mass is 31.2. The molecule has 0 amide bonds. The summed E-state index contributed by atoms with van der Waals surface area (Å²) in [6, 6.07) is 0. The minimum atomic E-state index is -4.63. The standard InChI is InChI=1S/C23H39O7P/c1-2-3-4-5-6-7-8-9-10-11-12-13-14-15-16-17-18-19-23(25)29-20-22(24)21-30-31(26,27)28/h6-7,9-10,12-13,15-16,22,24H,2-5,8,11,14,17-21H2,1H3,(H2,26,27,28)/t22-/m1/s1. The third kappa shape index (κ3) is 24.6. The van der Waals surface area contributed by atoms with E-state index in [1.54, 1.807) is 0 Å². The van der Waals surface area contributed by atoms with Gasteiger partial charge in [0.05, 0.1) is 6.61 Å². The molecule has 0 unspecified atom stereocenters. The number of phosphoric ester groups is 1. The van der Waals surface area contributed by atoms with Gasteiger partial charge in [0.1, 0.15) is 12.7 Å². The van der Waals surface area contributed by atoms with Crippen molar-refractivity contribution in [2.24, 2.45) is 0 Å². The number of aliphatic hydroxyl groups is 1. The number of esters is 1. The van der Waals surface area contributed by atoms with E-state index >= 15 is 0 Å². The van der Waals surface area contributed by atoms with Crippen LogP contribution in [0.4, 0.5) is 0 Å². The zero-order valence-electron chi connectivity index (χ0n) is 18.6. The second-order valence-corrected chi connectivity index (χ2v) is 8.34. The Labute approximate surface area is 186 Å². The van der Waals surface area contributed by atoms with Gasteiger partial charge in [0.15, 0.2) is 0 Å². The van der Waals surface area contributed by atoms with Crippen LogP contribution in [0.1, 0.15) is 71.1 Å². The van der Waals surface area contributed by atoms with Crippen LogP contribution in [-0.2, 0) is 18.6 Å². The number of rotatable bonds is 19. The van der Waals surface area contributed by atoms with Crippen molar-refractivity contribution in [2.75, 3.05) is 13.2 Å². The van der Waals surface area contributed by atoms with Crippen LogP contribution in [-0.4, -0.2) is 40.2 Å². The van der Waals surface area contributed by atoms with Crippen LogP contribution in [0.25, 0.3) is 0 Å². The normalized spacial score (nSPS) is 13.8. The van der Waals surface area contributed by atoms with Crippen LogP contribution in [0, 0.1) is 0 Å². The van der Waals surface area contributed by atoms with Crippen molar-refractivity contribution in [3.05, 3.63) is 48.6 Å². The van der Waals surface area contributed by atoms with E-state index in [1.165, 1.54) is 25.7 Å². The van der Waals surface area contributed by atoms with Gasteiger partial charge in [-0.2, -0.15) is 0 Å². The molecule has 178 valence electrons. The molecule has 7 nitrogen and oxygen atoms in total.